The molecule has 0 saturated heterocycles. The molecule has 0 aliphatic carbocycles. The first-order valence-corrected chi connectivity index (χ1v) is 7.25. The summed E-state index contributed by atoms with van der Waals surface area (Å²) in [6, 6.07) is 16.7. The molecule has 0 spiro atoms. The van der Waals surface area contributed by atoms with Crippen molar-refractivity contribution in [2.75, 3.05) is 0 Å². The van der Waals surface area contributed by atoms with Crippen LogP contribution in [-0.2, 0) is 0 Å². The van der Waals surface area contributed by atoms with Crippen LogP contribution in [0, 0.1) is 45.3 Å². The van der Waals surface area contributed by atoms with E-state index < -0.39 is 0 Å². The van der Waals surface area contributed by atoms with Crippen molar-refractivity contribution in [3.63, 3.8) is 0 Å². The molecule has 2 aromatic rings. The third-order valence-electron chi connectivity index (χ3n) is 3.20. The van der Waals surface area contributed by atoms with Crippen molar-refractivity contribution >= 4 is 33.3 Å². The Morgan fingerprint density at radius 3 is 1.29 bits per heavy atom. The highest BCUT2D eigenvalue weighted by Gasteiger charge is 2.15. The molecule has 0 saturated carbocycles. The van der Waals surface area contributed by atoms with Crippen LogP contribution in [0.3, 0.4) is 0 Å². The smallest absolute Gasteiger partial charge is 0.0998 e. The van der Waals surface area contributed by atoms with Gasteiger partial charge in [0, 0.05) is 11.1 Å². The fourth-order valence-corrected chi connectivity index (χ4v) is 2.57. The Morgan fingerprint density at radius 2 is 1.00 bits per heavy atom. The summed E-state index contributed by atoms with van der Waals surface area (Å²) in [6.07, 6.45) is 0. The molecule has 0 heterocycles. The molecular weight excluding hydrogens is 343 g/mol. The van der Waals surface area contributed by atoms with Gasteiger partial charge in [0.2, 0.25) is 0 Å². The van der Waals surface area contributed by atoms with Gasteiger partial charge in [-0.3, -0.25) is 0 Å². The molecule has 0 unspecified atom stereocenters. The van der Waals surface area contributed by atoms with Crippen LogP contribution < -0.4 is 0 Å². The van der Waals surface area contributed by atoms with E-state index in [9.17, 15) is 10.5 Å². The quantitative estimate of drug-likeness (QED) is 0.747. The molecule has 0 aliphatic rings. The summed E-state index contributed by atoms with van der Waals surface area (Å²) in [5.74, 6) is 0. The average molecular weight is 349 g/mol. The Hall–Kier alpha value is -3.28. The fourth-order valence-electron chi connectivity index (χ4n) is 2.03. The van der Waals surface area contributed by atoms with Crippen molar-refractivity contribution in [3.05, 3.63) is 69.8 Å². The van der Waals surface area contributed by atoms with Crippen LogP contribution in [0.2, 0.25) is 0 Å². The summed E-state index contributed by atoms with van der Waals surface area (Å²) in [5, 5.41) is 36.4. The van der Waals surface area contributed by atoms with Gasteiger partial charge < -0.3 is 0 Å². The van der Waals surface area contributed by atoms with E-state index in [0.717, 1.165) is 0 Å². The predicted molar refractivity (Wildman–Crippen MR) is 90.3 cm³/mol. The van der Waals surface area contributed by atoms with E-state index in [1.807, 2.05) is 24.3 Å². The summed E-state index contributed by atoms with van der Waals surface area (Å²) in [5.41, 5.74) is 1.76. The summed E-state index contributed by atoms with van der Waals surface area (Å²) < 4.78 is 0. The molecule has 2 rings (SSSR count). The number of nitrogens with zero attached hydrogens (tertiary/aromatic N) is 4. The second kappa shape index (κ2) is 7.32. The largest absolute Gasteiger partial charge is 0.192 e. The first-order valence-electron chi connectivity index (χ1n) is 6.50. The Labute approximate surface area is 148 Å². The zero-order valence-corrected chi connectivity index (χ0v) is 13.5. The number of benzene rings is 2. The lowest BCUT2D eigenvalue weighted by Crippen LogP contribution is -1.92. The molecule has 0 radical (unpaired) electrons. The first-order chi connectivity index (χ1) is 11.5. The van der Waals surface area contributed by atoms with Gasteiger partial charge in [0.15, 0.2) is 0 Å². The molecule has 0 amide bonds. The maximum absolute atomic E-state index is 9.24. The van der Waals surface area contributed by atoms with Gasteiger partial charge in [-0.15, -0.1) is 0 Å². The molecule has 0 aromatic heterocycles. The zero-order valence-electron chi connectivity index (χ0n) is 12.0. The van der Waals surface area contributed by atoms with Gasteiger partial charge in [0.05, 0.1) is 56.6 Å². The predicted octanol–water partition coefficient (Wildman–Crippen LogP) is 4.48. The topological polar surface area (TPSA) is 95.2 Å². The Bertz CT molecular complexity index is 941. The van der Waals surface area contributed by atoms with Crippen molar-refractivity contribution in [2.24, 2.45) is 0 Å². The van der Waals surface area contributed by atoms with Crippen molar-refractivity contribution in [1.82, 2.24) is 0 Å². The van der Waals surface area contributed by atoms with Crippen LogP contribution in [0.15, 0.2) is 36.4 Å². The molecule has 0 bridgehead atoms. The van der Waals surface area contributed by atoms with E-state index in [4.69, 9.17) is 33.7 Å². The maximum atomic E-state index is 9.24. The van der Waals surface area contributed by atoms with Crippen LogP contribution in [0.25, 0.3) is 10.1 Å². The lowest BCUT2D eigenvalue weighted by atomic mass is 10.0. The molecule has 2 aromatic carbocycles. The second-order valence-electron chi connectivity index (χ2n) is 4.60. The second-order valence-corrected chi connectivity index (χ2v) is 5.35. The molecule has 24 heavy (non-hydrogen) atoms. The summed E-state index contributed by atoms with van der Waals surface area (Å²) in [6.45, 7) is 0. The number of halogens is 2. The average Bonchev–Trinajstić information content (AvgIpc) is 2.65. The number of nitriles is 4. The van der Waals surface area contributed by atoms with Crippen LogP contribution in [0.5, 0.6) is 0 Å². The van der Waals surface area contributed by atoms with E-state index in [-0.39, 0.29) is 21.2 Å². The monoisotopic (exact) mass is 348 g/mol. The highest BCUT2D eigenvalue weighted by molar-refractivity contribution is 6.65. The van der Waals surface area contributed by atoms with Gasteiger partial charge in [0.25, 0.3) is 0 Å². The summed E-state index contributed by atoms with van der Waals surface area (Å²) >= 11 is 12.6. The molecule has 0 aliphatic heterocycles. The van der Waals surface area contributed by atoms with Gasteiger partial charge >= 0.3 is 0 Å². The summed E-state index contributed by atoms with van der Waals surface area (Å²) in [7, 11) is 0. The lowest BCUT2D eigenvalue weighted by Gasteiger charge is -2.08. The number of hydrogen-bond acceptors (Lipinski definition) is 4. The lowest BCUT2D eigenvalue weighted by molar-refractivity contribution is 1.43. The Kier molecular flexibility index (Phi) is 5.21. The fraction of sp³-hybridized carbons (Fsp3) is 0. The van der Waals surface area contributed by atoms with Crippen molar-refractivity contribution in [2.45, 2.75) is 0 Å². The minimum absolute atomic E-state index is 0.0823. The van der Waals surface area contributed by atoms with E-state index >= 15 is 0 Å². The normalized spacial score (nSPS) is 10.6. The standard InChI is InChI=1S/C18H6Cl2N4/c19-17(15-3-1-11(7-21)5-13(15)9-23)18(20)16-4-2-12(8-22)6-14(16)10-24/h1-6H. The minimum Gasteiger partial charge on any atom is -0.192 e. The third-order valence-corrected chi connectivity index (χ3v) is 4.09. The zero-order chi connectivity index (χ0) is 17.7. The number of hydrogen-bond donors (Lipinski definition) is 0. The van der Waals surface area contributed by atoms with Crippen LogP contribution in [0.1, 0.15) is 33.4 Å². The summed E-state index contributed by atoms with van der Waals surface area (Å²) in [4.78, 5) is 0. The van der Waals surface area contributed by atoms with E-state index in [2.05, 4.69) is 0 Å². The van der Waals surface area contributed by atoms with E-state index in [1.165, 1.54) is 36.4 Å². The third kappa shape index (κ3) is 3.22. The van der Waals surface area contributed by atoms with Crippen molar-refractivity contribution in [1.29, 1.82) is 21.0 Å². The maximum Gasteiger partial charge on any atom is 0.0998 e. The molecule has 0 N–H and O–H groups in total. The van der Waals surface area contributed by atoms with Crippen molar-refractivity contribution in [3.8, 4) is 24.3 Å². The molecule has 4 nitrogen and oxygen atoms in total. The molecule has 0 atom stereocenters. The van der Waals surface area contributed by atoms with Crippen LogP contribution in [0.4, 0.5) is 0 Å². The highest BCUT2D eigenvalue weighted by Crippen LogP contribution is 2.36. The van der Waals surface area contributed by atoms with E-state index in [1.54, 1.807) is 0 Å². The van der Waals surface area contributed by atoms with Gasteiger partial charge in [0.1, 0.15) is 0 Å². The molecular formula is C18H6Cl2N4. The van der Waals surface area contributed by atoms with Gasteiger partial charge in [-0.25, -0.2) is 0 Å². The minimum atomic E-state index is 0.0823. The Morgan fingerprint density at radius 1 is 0.625 bits per heavy atom. The van der Waals surface area contributed by atoms with Gasteiger partial charge in [-0.1, -0.05) is 35.3 Å². The highest BCUT2D eigenvalue weighted by atomic mass is 35.5. The number of rotatable bonds is 2. The van der Waals surface area contributed by atoms with Gasteiger partial charge in [-0.05, 0) is 24.3 Å². The van der Waals surface area contributed by atoms with Crippen LogP contribution in [-0.4, -0.2) is 0 Å². The van der Waals surface area contributed by atoms with Gasteiger partial charge in [-0.2, -0.15) is 21.0 Å². The van der Waals surface area contributed by atoms with Crippen LogP contribution >= 0.6 is 23.2 Å². The Balaban J connectivity index is 2.66. The molecule has 112 valence electrons. The molecule has 0 fully saturated rings. The first kappa shape index (κ1) is 17.1. The SMILES string of the molecule is N#Cc1ccc(C(Cl)=C(Cl)c2ccc(C#N)cc2C#N)c(C#N)c1. The molecule has 6 heteroatoms. The van der Waals surface area contributed by atoms with E-state index in [0.29, 0.717) is 22.3 Å². The van der Waals surface area contributed by atoms with Crippen molar-refractivity contribution < 1.29 is 0 Å².